The highest BCUT2D eigenvalue weighted by Gasteiger charge is 2.46. The van der Waals surface area contributed by atoms with Crippen LogP contribution in [0.4, 0.5) is 14.6 Å². The van der Waals surface area contributed by atoms with E-state index in [2.05, 4.69) is 19.9 Å². The molecule has 142 valence electrons. The van der Waals surface area contributed by atoms with Gasteiger partial charge >= 0.3 is 0 Å². The Morgan fingerprint density at radius 1 is 1.11 bits per heavy atom. The largest absolute Gasteiger partial charge is 0.491 e. The second kappa shape index (κ2) is 6.40. The van der Waals surface area contributed by atoms with Crippen molar-refractivity contribution in [3.8, 4) is 5.75 Å². The molecule has 28 heavy (non-hydrogen) atoms. The van der Waals surface area contributed by atoms with Gasteiger partial charge in [-0.2, -0.15) is 0 Å². The van der Waals surface area contributed by atoms with Crippen LogP contribution < -0.4 is 9.64 Å². The van der Waals surface area contributed by atoms with Gasteiger partial charge in [-0.3, -0.25) is 0 Å². The molecule has 5 rings (SSSR count). The van der Waals surface area contributed by atoms with Gasteiger partial charge < -0.3 is 14.6 Å². The van der Waals surface area contributed by atoms with Crippen molar-refractivity contribution in [1.82, 2.24) is 19.9 Å². The van der Waals surface area contributed by atoms with E-state index in [9.17, 15) is 8.78 Å². The molecular weight excluding hydrogens is 364 g/mol. The average Bonchev–Trinajstić information content (AvgIpc) is 3.29. The standard InChI is InChI=1S/C20H17F2N5O/c21-20(22)8-14(9-28-16-7-3-5-13-4-1-2-6-15(13)16)27(10-20)19-17-18(24-11-23-17)25-12-26-19/h1-7,11-12,14H,8-10H2,(H,23,24,25,26). The molecule has 6 nitrogen and oxygen atoms in total. The van der Waals surface area contributed by atoms with Crippen molar-refractivity contribution >= 4 is 27.8 Å². The van der Waals surface area contributed by atoms with E-state index >= 15 is 0 Å². The van der Waals surface area contributed by atoms with Crippen LogP contribution in [-0.2, 0) is 0 Å². The highest BCUT2D eigenvalue weighted by atomic mass is 19.3. The molecule has 8 heteroatoms. The third-order valence-electron chi connectivity index (χ3n) is 5.03. The molecule has 1 atom stereocenters. The summed E-state index contributed by atoms with van der Waals surface area (Å²) in [6, 6.07) is 13.1. The maximum Gasteiger partial charge on any atom is 0.267 e. The Kier molecular flexibility index (Phi) is 3.85. The first kappa shape index (κ1) is 16.9. The van der Waals surface area contributed by atoms with Crippen LogP contribution in [0.5, 0.6) is 5.75 Å². The fourth-order valence-electron chi connectivity index (χ4n) is 3.76. The zero-order chi connectivity index (χ0) is 19.1. The van der Waals surface area contributed by atoms with Crippen molar-refractivity contribution in [2.75, 3.05) is 18.1 Å². The average molecular weight is 381 g/mol. The SMILES string of the molecule is FC1(F)CC(COc2cccc3ccccc23)N(c2ncnc3[nH]cnc23)C1. The number of aromatic nitrogens is 4. The second-order valence-corrected chi connectivity index (χ2v) is 6.93. The zero-order valence-corrected chi connectivity index (χ0v) is 14.8. The van der Waals surface area contributed by atoms with Gasteiger partial charge in [-0.05, 0) is 11.5 Å². The Morgan fingerprint density at radius 2 is 1.96 bits per heavy atom. The molecule has 2 aromatic carbocycles. The predicted octanol–water partition coefficient (Wildman–Crippen LogP) is 3.80. The molecule has 0 aliphatic carbocycles. The number of H-pyrrole nitrogens is 1. The molecule has 0 bridgehead atoms. The highest BCUT2D eigenvalue weighted by Crippen LogP contribution is 2.37. The third kappa shape index (κ3) is 2.90. The molecule has 1 N–H and O–H groups in total. The first-order valence-corrected chi connectivity index (χ1v) is 9.00. The number of alkyl halides is 2. The Hall–Kier alpha value is -3.29. The molecule has 0 amide bonds. The smallest absolute Gasteiger partial charge is 0.267 e. The minimum Gasteiger partial charge on any atom is -0.491 e. The van der Waals surface area contributed by atoms with Crippen molar-refractivity contribution < 1.29 is 13.5 Å². The number of imidazole rings is 1. The van der Waals surface area contributed by atoms with Crippen molar-refractivity contribution in [2.45, 2.75) is 18.4 Å². The summed E-state index contributed by atoms with van der Waals surface area (Å²) in [4.78, 5) is 17.0. The van der Waals surface area contributed by atoms with Crippen molar-refractivity contribution in [2.24, 2.45) is 0 Å². The summed E-state index contributed by atoms with van der Waals surface area (Å²) in [7, 11) is 0. The summed E-state index contributed by atoms with van der Waals surface area (Å²) >= 11 is 0. The normalized spacial score (nSPS) is 18.8. The van der Waals surface area contributed by atoms with Gasteiger partial charge in [-0.1, -0.05) is 36.4 Å². The fraction of sp³-hybridized carbons (Fsp3) is 0.250. The number of ether oxygens (including phenoxy) is 1. The summed E-state index contributed by atoms with van der Waals surface area (Å²) in [6.07, 6.45) is 2.54. The predicted molar refractivity (Wildman–Crippen MR) is 102 cm³/mol. The van der Waals surface area contributed by atoms with E-state index in [1.165, 1.54) is 12.7 Å². The molecule has 0 saturated carbocycles. The lowest BCUT2D eigenvalue weighted by Crippen LogP contribution is -2.35. The molecule has 4 aromatic rings. The van der Waals surface area contributed by atoms with Gasteiger partial charge in [0.1, 0.15) is 24.2 Å². The van der Waals surface area contributed by atoms with Gasteiger partial charge in [-0.15, -0.1) is 0 Å². The van der Waals surface area contributed by atoms with Crippen LogP contribution in [-0.4, -0.2) is 45.1 Å². The van der Waals surface area contributed by atoms with E-state index < -0.39 is 18.5 Å². The summed E-state index contributed by atoms with van der Waals surface area (Å²) in [5, 5.41) is 2.00. The van der Waals surface area contributed by atoms with Crippen molar-refractivity contribution in [1.29, 1.82) is 0 Å². The molecule has 2 aromatic heterocycles. The number of halogens is 2. The van der Waals surface area contributed by atoms with E-state index in [1.807, 2.05) is 42.5 Å². The minimum absolute atomic E-state index is 0.125. The zero-order valence-electron chi connectivity index (χ0n) is 14.8. The van der Waals surface area contributed by atoms with Crippen LogP contribution >= 0.6 is 0 Å². The Morgan fingerprint density at radius 3 is 2.89 bits per heavy atom. The van der Waals surface area contributed by atoms with Crippen molar-refractivity contribution in [3.63, 3.8) is 0 Å². The number of hydrogen-bond donors (Lipinski definition) is 1. The quantitative estimate of drug-likeness (QED) is 0.582. The van der Waals surface area contributed by atoms with Gasteiger partial charge in [0.25, 0.3) is 5.92 Å². The molecule has 0 radical (unpaired) electrons. The first-order chi connectivity index (χ1) is 13.6. The molecule has 1 aliphatic rings. The molecule has 1 fully saturated rings. The lowest BCUT2D eigenvalue weighted by molar-refractivity contribution is 0.0206. The summed E-state index contributed by atoms with van der Waals surface area (Å²) < 4.78 is 34.5. The lowest BCUT2D eigenvalue weighted by Gasteiger charge is -2.25. The van der Waals surface area contributed by atoms with Crippen LogP contribution in [0.3, 0.4) is 0 Å². The first-order valence-electron chi connectivity index (χ1n) is 9.00. The van der Waals surface area contributed by atoms with Gasteiger partial charge in [0.05, 0.1) is 18.9 Å². The van der Waals surface area contributed by atoms with Crippen LogP contribution in [0, 0.1) is 0 Å². The van der Waals surface area contributed by atoms with E-state index in [4.69, 9.17) is 4.74 Å². The molecule has 1 aliphatic heterocycles. The maximum atomic E-state index is 14.3. The Bertz CT molecular complexity index is 1140. The van der Waals surface area contributed by atoms with E-state index in [0.29, 0.717) is 22.7 Å². The number of hydrogen-bond acceptors (Lipinski definition) is 5. The van der Waals surface area contributed by atoms with E-state index in [1.54, 1.807) is 4.90 Å². The number of benzene rings is 2. The minimum atomic E-state index is -2.82. The van der Waals surface area contributed by atoms with Gasteiger partial charge in [0.15, 0.2) is 11.5 Å². The van der Waals surface area contributed by atoms with Crippen LogP contribution in [0.25, 0.3) is 21.9 Å². The van der Waals surface area contributed by atoms with Gasteiger partial charge in [-0.25, -0.2) is 23.7 Å². The van der Waals surface area contributed by atoms with Crippen molar-refractivity contribution in [3.05, 3.63) is 55.1 Å². The third-order valence-corrected chi connectivity index (χ3v) is 5.03. The number of aromatic amines is 1. The van der Waals surface area contributed by atoms with Crippen LogP contribution in [0.15, 0.2) is 55.1 Å². The van der Waals surface area contributed by atoms with Crippen LogP contribution in [0.1, 0.15) is 6.42 Å². The highest BCUT2D eigenvalue weighted by molar-refractivity contribution is 5.88. The van der Waals surface area contributed by atoms with Crippen LogP contribution in [0.2, 0.25) is 0 Å². The molecule has 1 saturated heterocycles. The summed E-state index contributed by atoms with van der Waals surface area (Å²) in [6.45, 7) is -0.297. The maximum absolute atomic E-state index is 14.3. The number of fused-ring (bicyclic) bond motifs is 2. The monoisotopic (exact) mass is 381 g/mol. The second-order valence-electron chi connectivity index (χ2n) is 6.93. The molecule has 1 unspecified atom stereocenters. The fourth-order valence-corrected chi connectivity index (χ4v) is 3.76. The van der Waals surface area contributed by atoms with E-state index in [0.717, 1.165) is 10.8 Å². The van der Waals surface area contributed by atoms with Gasteiger partial charge in [0, 0.05) is 11.8 Å². The number of rotatable bonds is 4. The molecular formula is C20H17F2N5O. The van der Waals surface area contributed by atoms with Gasteiger partial charge in [0.2, 0.25) is 0 Å². The summed E-state index contributed by atoms with van der Waals surface area (Å²) in [5.41, 5.74) is 1.00. The topological polar surface area (TPSA) is 66.9 Å². The van der Waals surface area contributed by atoms with E-state index in [-0.39, 0.29) is 13.0 Å². The Balaban J connectivity index is 1.45. The number of nitrogens with zero attached hydrogens (tertiary/aromatic N) is 4. The molecule has 3 heterocycles. The summed E-state index contributed by atoms with van der Waals surface area (Å²) in [5.74, 6) is -1.74. The number of nitrogens with one attached hydrogen (secondary N) is 1. The number of anilines is 1. The lowest BCUT2D eigenvalue weighted by atomic mass is 10.1. The Labute approximate surface area is 159 Å². The molecule has 0 spiro atoms.